The molecule has 0 unspecified atom stereocenters. The predicted molar refractivity (Wildman–Crippen MR) is 109 cm³/mol. The van der Waals surface area contributed by atoms with Crippen LogP contribution in [0.5, 0.6) is 0 Å². The summed E-state index contributed by atoms with van der Waals surface area (Å²) < 4.78 is 13.0. The maximum absolute atomic E-state index is 13.0. The minimum Gasteiger partial charge on any atom is -0.322 e. The first kappa shape index (κ1) is 20.2. The lowest BCUT2D eigenvalue weighted by Gasteiger charge is -2.07. The highest BCUT2D eigenvalue weighted by Gasteiger charge is 2.12. The van der Waals surface area contributed by atoms with Crippen LogP contribution in [0, 0.1) is 15.9 Å². The van der Waals surface area contributed by atoms with Gasteiger partial charge in [-0.05, 0) is 42.5 Å². The molecule has 1 N–H and O–H groups in total. The Bertz CT molecular complexity index is 1070. The van der Waals surface area contributed by atoms with Crippen LogP contribution in [0.25, 0.3) is 0 Å². The minimum atomic E-state index is -0.544. The van der Waals surface area contributed by atoms with E-state index in [4.69, 9.17) is 0 Å². The Labute approximate surface area is 169 Å². The van der Waals surface area contributed by atoms with Crippen LogP contribution in [0.2, 0.25) is 0 Å². The van der Waals surface area contributed by atoms with Crippen LogP contribution in [0.15, 0.2) is 77.7 Å². The number of benzene rings is 3. The molecule has 0 saturated heterocycles. The van der Waals surface area contributed by atoms with Crippen molar-refractivity contribution in [2.24, 2.45) is 0 Å². The van der Waals surface area contributed by atoms with Gasteiger partial charge >= 0.3 is 0 Å². The average molecular weight is 410 g/mol. The summed E-state index contributed by atoms with van der Waals surface area (Å²) in [6.07, 6.45) is 0. The molecular formula is C21H15FN2O4S. The number of anilines is 1. The second-order valence-corrected chi connectivity index (χ2v) is 7.06. The molecule has 6 nitrogen and oxygen atoms in total. The van der Waals surface area contributed by atoms with Gasteiger partial charge in [-0.15, -0.1) is 11.8 Å². The Balaban J connectivity index is 1.63. The van der Waals surface area contributed by atoms with E-state index in [0.717, 1.165) is 4.90 Å². The maximum Gasteiger partial charge on any atom is 0.270 e. The molecule has 0 spiro atoms. The van der Waals surface area contributed by atoms with Crippen molar-refractivity contribution in [2.45, 2.75) is 4.90 Å². The Hall–Kier alpha value is -3.52. The second kappa shape index (κ2) is 9.11. The van der Waals surface area contributed by atoms with Gasteiger partial charge in [0, 0.05) is 33.8 Å². The van der Waals surface area contributed by atoms with Gasteiger partial charge in [-0.3, -0.25) is 19.7 Å². The number of thioether (sulfide) groups is 1. The van der Waals surface area contributed by atoms with Crippen LogP contribution in [0.3, 0.4) is 0 Å². The van der Waals surface area contributed by atoms with Gasteiger partial charge in [-0.2, -0.15) is 0 Å². The lowest BCUT2D eigenvalue weighted by molar-refractivity contribution is -0.384. The van der Waals surface area contributed by atoms with Crippen molar-refractivity contribution in [3.63, 3.8) is 0 Å². The number of nitrogens with zero attached hydrogens (tertiary/aromatic N) is 1. The molecule has 0 radical (unpaired) electrons. The van der Waals surface area contributed by atoms with Crippen LogP contribution < -0.4 is 5.32 Å². The number of ketones is 1. The highest BCUT2D eigenvalue weighted by atomic mass is 32.2. The molecule has 8 heteroatoms. The number of nitrogens with one attached hydrogen (secondary N) is 1. The fraction of sp³-hybridized carbons (Fsp3) is 0.0476. The molecule has 29 heavy (non-hydrogen) atoms. The van der Waals surface area contributed by atoms with Crippen molar-refractivity contribution in [2.75, 3.05) is 11.1 Å². The van der Waals surface area contributed by atoms with E-state index in [1.165, 1.54) is 60.3 Å². The van der Waals surface area contributed by atoms with Crippen molar-refractivity contribution in [3.05, 3.63) is 99.9 Å². The van der Waals surface area contributed by atoms with E-state index in [0.29, 0.717) is 11.3 Å². The summed E-state index contributed by atoms with van der Waals surface area (Å²) in [5.74, 6) is -0.941. The summed E-state index contributed by atoms with van der Waals surface area (Å²) in [4.78, 5) is 35.6. The fourth-order valence-corrected chi connectivity index (χ4v) is 3.34. The molecule has 0 bridgehead atoms. The molecule has 0 saturated carbocycles. The smallest absolute Gasteiger partial charge is 0.270 e. The quantitative estimate of drug-likeness (QED) is 0.257. The minimum absolute atomic E-state index is 0.0938. The summed E-state index contributed by atoms with van der Waals surface area (Å²) in [6.45, 7) is 0. The lowest BCUT2D eigenvalue weighted by Crippen LogP contribution is -2.11. The summed E-state index contributed by atoms with van der Waals surface area (Å²) in [5, 5.41) is 13.6. The van der Waals surface area contributed by atoms with Crippen LogP contribution in [-0.2, 0) is 0 Å². The maximum atomic E-state index is 13.0. The van der Waals surface area contributed by atoms with Gasteiger partial charge in [-0.25, -0.2) is 4.39 Å². The SMILES string of the molecule is O=C(CSc1cccc(NC(=O)c2ccc(F)cc2)c1)c1cccc([N+](=O)[O-])c1. The normalized spacial score (nSPS) is 10.4. The number of hydrogen-bond donors (Lipinski definition) is 1. The number of hydrogen-bond acceptors (Lipinski definition) is 5. The van der Waals surface area contributed by atoms with E-state index in [1.54, 1.807) is 24.3 Å². The topological polar surface area (TPSA) is 89.3 Å². The third kappa shape index (κ3) is 5.49. The summed E-state index contributed by atoms with van der Waals surface area (Å²) in [7, 11) is 0. The highest BCUT2D eigenvalue weighted by Crippen LogP contribution is 2.24. The van der Waals surface area contributed by atoms with Crippen LogP contribution in [0.4, 0.5) is 15.8 Å². The summed E-state index contributed by atoms with van der Waals surface area (Å²) in [5.41, 5.74) is 0.997. The fourth-order valence-electron chi connectivity index (χ4n) is 2.49. The van der Waals surface area contributed by atoms with E-state index in [-0.39, 0.29) is 28.7 Å². The van der Waals surface area contributed by atoms with Gasteiger partial charge < -0.3 is 5.32 Å². The number of nitro groups is 1. The third-order valence-electron chi connectivity index (χ3n) is 3.95. The molecule has 0 aliphatic rings. The predicted octanol–water partition coefficient (Wildman–Crippen LogP) is 4.96. The number of rotatable bonds is 7. The molecule has 0 aliphatic carbocycles. The number of non-ortho nitro benzene ring substituents is 1. The molecule has 1 amide bonds. The lowest BCUT2D eigenvalue weighted by atomic mass is 10.1. The standard InChI is InChI=1S/C21H15FN2O4S/c22-16-9-7-14(8-10-16)21(26)23-17-4-2-6-19(12-17)29-13-20(25)15-3-1-5-18(11-15)24(27)28/h1-12H,13H2,(H,23,26). The van der Waals surface area contributed by atoms with Gasteiger partial charge in [0.1, 0.15) is 5.82 Å². The molecule has 0 aromatic heterocycles. The van der Waals surface area contributed by atoms with Gasteiger partial charge in [-0.1, -0.05) is 18.2 Å². The van der Waals surface area contributed by atoms with E-state index in [2.05, 4.69) is 5.32 Å². The van der Waals surface area contributed by atoms with Crippen molar-refractivity contribution in [3.8, 4) is 0 Å². The Kier molecular flexibility index (Phi) is 6.36. The van der Waals surface area contributed by atoms with Crippen molar-refractivity contribution >= 4 is 34.8 Å². The molecule has 0 fully saturated rings. The Morgan fingerprint density at radius 2 is 1.69 bits per heavy atom. The van der Waals surface area contributed by atoms with Gasteiger partial charge in [0.05, 0.1) is 10.7 Å². The Morgan fingerprint density at radius 3 is 2.41 bits per heavy atom. The molecule has 146 valence electrons. The molecule has 0 heterocycles. The zero-order chi connectivity index (χ0) is 20.8. The van der Waals surface area contributed by atoms with E-state index in [9.17, 15) is 24.1 Å². The number of carbonyl (C=O) groups excluding carboxylic acids is 2. The Morgan fingerprint density at radius 1 is 0.966 bits per heavy atom. The molecule has 3 aromatic carbocycles. The molecule has 0 atom stereocenters. The molecule has 3 rings (SSSR count). The van der Waals surface area contributed by atoms with Crippen molar-refractivity contribution in [1.82, 2.24) is 0 Å². The van der Waals surface area contributed by atoms with E-state index < -0.39 is 10.7 Å². The molecule has 3 aromatic rings. The monoisotopic (exact) mass is 410 g/mol. The molecule has 0 aliphatic heterocycles. The number of amides is 1. The number of nitro benzene ring substituents is 1. The highest BCUT2D eigenvalue weighted by molar-refractivity contribution is 8.00. The zero-order valence-corrected chi connectivity index (χ0v) is 15.8. The second-order valence-electron chi connectivity index (χ2n) is 6.01. The van der Waals surface area contributed by atoms with Crippen molar-refractivity contribution in [1.29, 1.82) is 0 Å². The molecular weight excluding hydrogens is 395 g/mol. The van der Waals surface area contributed by atoms with E-state index >= 15 is 0 Å². The van der Waals surface area contributed by atoms with Crippen LogP contribution in [0.1, 0.15) is 20.7 Å². The summed E-state index contributed by atoms with van der Waals surface area (Å²) >= 11 is 1.26. The van der Waals surface area contributed by atoms with Gasteiger partial charge in [0.15, 0.2) is 5.78 Å². The van der Waals surface area contributed by atoms with E-state index in [1.807, 2.05) is 0 Å². The van der Waals surface area contributed by atoms with Crippen molar-refractivity contribution < 1.29 is 18.9 Å². The van der Waals surface area contributed by atoms with Crippen LogP contribution in [-0.4, -0.2) is 22.4 Å². The van der Waals surface area contributed by atoms with Gasteiger partial charge in [0.2, 0.25) is 0 Å². The van der Waals surface area contributed by atoms with Gasteiger partial charge in [0.25, 0.3) is 11.6 Å². The first-order valence-electron chi connectivity index (χ1n) is 8.50. The first-order valence-corrected chi connectivity index (χ1v) is 9.48. The average Bonchev–Trinajstić information content (AvgIpc) is 2.73. The largest absolute Gasteiger partial charge is 0.322 e. The summed E-state index contributed by atoms with van der Waals surface area (Å²) in [6, 6.07) is 17.7. The third-order valence-corrected chi connectivity index (χ3v) is 4.94. The number of Topliss-reactive ketones (excluding diaryl/α,β-unsaturated/α-hetero) is 1. The number of carbonyl (C=O) groups is 2. The van der Waals surface area contributed by atoms with Crippen LogP contribution >= 0.6 is 11.8 Å². The first-order chi connectivity index (χ1) is 13.9. The number of halogens is 1. The zero-order valence-electron chi connectivity index (χ0n) is 15.0.